The van der Waals surface area contributed by atoms with Gasteiger partial charge < -0.3 is 15.0 Å². The molecule has 1 aromatic carbocycles. The number of hydrogen-bond donors (Lipinski definition) is 1. The predicted molar refractivity (Wildman–Crippen MR) is 118 cm³/mol. The zero-order chi connectivity index (χ0) is 21.7. The zero-order valence-electron chi connectivity index (χ0n) is 17.8. The summed E-state index contributed by atoms with van der Waals surface area (Å²) in [5.74, 6) is 0.578. The van der Waals surface area contributed by atoms with Crippen molar-refractivity contribution in [3.05, 3.63) is 40.4 Å². The van der Waals surface area contributed by atoms with Gasteiger partial charge in [0.1, 0.15) is 5.75 Å². The van der Waals surface area contributed by atoms with Gasteiger partial charge >= 0.3 is 0 Å². The second kappa shape index (κ2) is 10.0. The molecule has 2 aliphatic rings. The third kappa shape index (κ3) is 4.99. The molecule has 1 saturated heterocycles. The van der Waals surface area contributed by atoms with Crippen LogP contribution in [-0.2, 0) is 9.59 Å². The molecular formula is C23H29N3O3S. The van der Waals surface area contributed by atoms with E-state index in [-0.39, 0.29) is 42.0 Å². The Balaban J connectivity index is 1.77. The summed E-state index contributed by atoms with van der Waals surface area (Å²) in [5.41, 5.74) is 1.41. The van der Waals surface area contributed by atoms with Gasteiger partial charge in [-0.3, -0.25) is 9.59 Å². The fourth-order valence-electron chi connectivity index (χ4n) is 4.30. The monoisotopic (exact) mass is 427 g/mol. The molecule has 1 N–H and O–H groups in total. The Morgan fingerprint density at radius 2 is 1.93 bits per heavy atom. The van der Waals surface area contributed by atoms with Crippen molar-refractivity contribution < 1.29 is 14.3 Å². The Morgan fingerprint density at radius 1 is 1.27 bits per heavy atom. The van der Waals surface area contributed by atoms with Crippen LogP contribution >= 0.6 is 11.8 Å². The minimum Gasteiger partial charge on any atom is -0.494 e. The maximum absolute atomic E-state index is 12.9. The van der Waals surface area contributed by atoms with Crippen molar-refractivity contribution in [3.8, 4) is 11.8 Å². The van der Waals surface area contributed by atoms with E-state index in [4.69, 9.17) is 4.74 Å². The molecule has 1 fully saturated rings. The van der Waals surface area contributed by atoms with Gasteiger partial charge in [0.2, 0.25) is 11.8 Å². The second-order valence-electron chi connectivity index (χ2n) is 7.88. The number of benzene rings is 1. The van der Waals surface area contributed by atoms with Gasteiger partial charge in [0.25, 0.3) is 0 Å². The molecule has 0 bridgehead atoms. The van der Waals surface area contributed by atoms with Gasteiger partial charge in [0, 0.05) is 24.4 Å². The number of ether oxygens (including phenoxy) is 1. The predicted octanol–water partition coefficient (Wildman–Crippen LogP) is 3.95. The Labute approximate surface area is 182 Å². The van der Waals surface area contributed by atoms with Crippen LogP contribution in [0.25, 0.3) is 0 Å². The van der Waals surface area contributed by atoms with Gasteiger partial charge in [-0.05, 0) is 57.7 Å². The summed E-state index contributed by atoms with van der Waals surface area (Å²) in [4.78, 5) is 27.2. The van der Waals surface area contributed by atoms with E-state index in [2.05, 4.69) is 25.2 Å². The number of carbonyl (C=O) groups is 2. The van der Waals surface area contributed by atoms with Gasteiger partial charge in [-0.25, -0.2) is 0 Å². The number of thioether (sulfide) groups is 1. The number of nitriles is 1. The molecule has 1 aromatic rings. The molecular weight excluding hydrogens is 398 g/mol. The molecule has 3 rings (SSSR count). The summed E-state index contributed by atoms with van der Waals surface area (Å²) >= 11 is 1.26. The van der Waals surface area contributed by atoms with Gasteiger partial charge in [0.15, 0.2) is 0 Å². The van der Waals surface area contributed by atoms with Gasteiger partial charge in [-0.1, -0.05) is 23.9 Å². The van der Waals surface area contributed by atoms with Gasteiger partial charge in [-0.2, -0.15) is 5.26 Å². The Bertz CT molecular complexity index is 849. The SMILES string of the molecule is CCOc1ccc([C@@H]2CC(=O)NC(SCC(=O)N3[C@H](C)CCC[C@H]3C)=C2C#N)cc1. The van der Waals surface area contributed by atoms with E-state index >= 15 is 0 Å². The third-order valence-corrected chi connectivity index (χ3v) is 6.77. The van der Waals surface area contributed by atoms with Crippen LogP contribution in [0.5, 0.6) is 5.75 Å². The quantitative estimate of drug-likeness (QED) is 0.743. The van der Waals surface area contributed by atoms with Crippen LogP contribution in [0.3, 0.4) is 0 Å². The van der Waals surface area contributed by atoms with Gasteiger partial charge in [0.05, 0.1) is 29.0 Å². The molecule has 2 amide bonds. The minimum absolute atomic E-state index is 0.0573. The molecule has 7 heteroatoms. The summed E-state index contributed by atoms with van der Waals surface area (Å²) < 4.78 is 5.48. The van der Waals surface area contributed by atoms with Crippen LogP contribution in [0, 0.1) is 11.3 Å². The standard InChI is InChI=1S/C23H29N3O3S/c1-4-29-18-10-8-17(9-11-18)19-12-21(27)25-23(20(19)13-24)30-14-22(28)26-15(2)6-5-7-16(26)3/h8-11,15-16,19H,4-7,12,14H2,1-3H3,(H,25,27)/t15-,16-,19+/m1/s1. The highest BCUT2D eigenvalue weighted by molar-refractivity contribution is 8.03. The summed E-state index contributed by atoms with van der Waals surface area (Å²) in [6, 6.07) is 10.2. The summed E-state index contributed by atoms with van der Waals surface area (Å²) in [5, 5.41) is 13.1. The average Bonchev–Trinajstić information content (AvgIpc) is 2.72. The third-order valence-electron chi connectivity index (χ3n) is 5.77. The number of likely N-dealkylation sites (tertiary alicyclic amines) is 1. The summed E-state index contributed by atoms with van der Waals surface area (Å²) in [6.07, 6.45) is 3.39. The lowest BCUT2D eigenvalue weighted by Gasteiger charge is -2.39. The molecule has 0 radical (unpaired) electrons. The number of allylic oxidation sites excluding steroid dienone is 1. The zero-order valence-corrected chi connectivity index (χ0v) is 18.6. The average molecular weight is 428 g/mol. The van der Waals surface area contributed by atoms with Crippen LogP contribution in [-0.4, -0.2) is 41.2 Å². The van der Waals surface area contributed by atoms with Crippen molar-refractivity contribution in [2.75, 3.05) is 12.4 Å². The lowest BCUT2D eigenvalue weighted by molar-refractivity contribution is -0.134. The van der Waals surface area contributed by atoms with Crippen LogP contribution in [0.2, 0.25) is 0 Å². The summed E-state index contributed by atoms with van der Waals surface area (Å²) in [6.45, 7) is 6.68. The number of nitrogens with zero attached hydrogens (tertiary/aromatic N) is 2. The highest BCUT2D eigenvalue weighted by Gasteiger charge is 2.32. The van der Waals surface area contributed by atoms with Crippen LogP contribution in [0.15, 0.2) is 34.9 Å². The van der Waals surface area contributed by atoms with E-state index in [1.165, 1.54) is 11.8 Å². The van der Waals surface area contributed by atoms with E-state index in [0.29, 0.717) is 17.2 Å². The van der Waals surface area contributed by atoms with Crippen LogP contribution < -0.4 is 10.1 Å². The first-order chi connectivity index (χ1) is 14.4. The number of rotatable bonds is 6. The highest BCUT2D eigenvalue weighted by Crippen LogP contribution is 2.36. The van der Waals surface area contributed by atoms with Crippen molar-refractivity contribution in [2.45, 2.75) is 64.5 Å². The normalized spacial score (nSPS) is 24.3. The molecule has 0 saturated carbocycles. The van der Waals surface area contributed by atoms with Crippen molar-refractivity contribution in [1.82, 2.24) is 10.2 Å². The molecule has 0 unspecified atom stereocenters. The molecule has 3 atom stereocenters. The van der Waals surface area contributed by atoms with Crippen molar-refractivity contribution in [3.63, 3.8) is 0 Å². The Morgan fingerprint density at radius 3 is 2.53 bits per heavy atom. The second-order valence-corrected chi connectivity index (χ2v) is 8.87. The van der Waals surface area contributed by atoms with Crippen molar-refractivity contribution in [2.24, 2.45) is 0 Å². The molecule has 0 aliphatic carbocycles. The molecule has 0 spiro atoms. The lowest BCUT2D eigenvalue weighted by atomic mass is 9.87. The van der Waals surface area contributed by atoms with E-state index in [1.54, 1.807) is 0 Å². The summed E-state index contributed by atoms with van der Waals surface area (Å²) in [7, 11) is 0. The molecule has 2 heterocycles. The molecule has 2 aliphatic heterocycles. The molecule has 160 valence electrons. The van der Waals surface area contributed by atoms with E-state index in [9.17, 15) is 14.9 Å². The Hall–Kier alpha value is -2.46. The van der Waals surface area contributed by atoms with Gasteiger partial charge in [-0.15, -0.1) is 0 Å². The molecule has 30 heavy (non-hydrogen) atoms. The Kier molecular flexibility index (Phi) is 7.43. The maximum Gasteiger partial charge on any atom is 0.233 e. The van der Waals surface area contributed by atoms with E-state index in [0.717, 1.165) is 30.6 Å². The maximum atomic E-state index is 12.9. The first kappa shape index (κ1) is 22.2. The number of carbonyl (C=O) groups excluding carboxylic acids is 2. The lowest BCUT2D eigenvalue weighted by Crippen LogP contribution is -2.48. The highest BCUT2D eigenvalue weighted by atomic mass is 32.2. The minimum atomic E-state index is -0.315. The number of amides is 2. The van der Waals surface area contributed by atoms with E-state index in [1.807, 2.05) is 36.1 Å². The topological polar surface area (TPSA) is 82.4 Å². The number of hydrogen-bond acceptors (Lipinski definition) is 5. The molecule has 0 aromatic heterocycles. The molecule has 6 nitrogen and oxygen atoms in total. The van der Waals surface area contributed by atoms with Crippen molar-refractivity contribution in [1.29, 1.82) is 5.26 Å². The van der Waals surface area contributed by atoms with Crippen LogP contribution in [0.4, 0.5) is 0 Å². The number of piperidine rings is 1. The fourth-order valence-corrected chi connectivity index (χ4v) is 5.25. The first-order valence-corrected chi connectivity index (χ1v) is 11.5. The number of nitrogens with one attached hydrogen (secondary N) is 1. The largest absolute Gasteiger partial charge is 0.494 e. The smallest absolute Gasteiger partial charge is 0.233 e. The van der Waals surface area contributed by atoms with Crippen LogP contribution in [0.1, 0.15) is 57.9 Å². The van der Waals surface area contributed by atoms with E-state index < -0.39 is 0 Å². The van der Waals surface area contributed by atoms with Crippen molar-refractivity contribution >= 4 is 23.6 Å². The first-order valence-electron chi connectivity index (χ1n) is 10.5. The fraction of sp³-hybridized carbons (Fsp3) is 0.522.